The zero-order valence-electron chi connectivity index (χ0n) is 10.9. The van der Waals surface area contributed by atoms with Crippen LogP contribution in [-0.4, -0.2) is 29.7 Å². The fraction of sp³-hybridized carbons (Fsp3) is 0.833. The van der Waals surface area contributed by atoms with E-state index >= 15 is 0 Å². The first kappa shape index (κ1) is 14.0. The lowest BCUT2D eigenvalue weighted by Crippen LogP contribution is -2.60. The Morgan fingerprint density at radius 2 is 1.88 bits per heavy atom. The highest BCUT2D eigenvalue weighted by atomic mass is 16.6. The van der Waals surface area contributed by atoms with Crippen LogP contribution < -0.4 is 5.73 Å². The van der Waals surface area contributed by atoms with Crippen LogP contribution in [0.15, 0.2) is 0 Å². The van der Waals surface area contributed by atoms with Crippen LogP contribution in [0.2, 0.25) is 0 Å². The van der Waals surface area contributed by atoms with Gasteiger partial charge in [-0.2, -0.15) is 0 Å². The summed E-state index contributed by atoms with van der Waals surface area (Å²) in [5.41, 5.74) is 4.33. The van der Waals surface area contributed by atoms with E-state index in [0.29, 0.717) is 19.4 Å². The predicted octanol–water partition coefficient (Wildman–Crippen LogP) is 0.999. The van der Waals surface area contributed by atoms with Gasteiger partial charge in [-0.1, -0.05) is 0 Å². The van der Waals surface area contributed by atoms with E-state index in [2.05, 4.69) is 0 Å². The van der Waals surface area contributed by atoms with Crippen molar-refractivity contribution >= 4 is 11.9 Å². The lowest BCUT2D eigenvalue weighted by Gasteiger charge is -2.41. The molecule has 5 heteroatoms. The molecule has 0 radical (unpaired) electrons. The van der Waals surface area contributed by atoms with Crippen LogP contribution in [0.25, 0.3) is 0 Å². The number of esters is 2. The molecule has 0 aromatic rings. The minimum Gasteiger partial charge on any atom is -0.465 e. The molecule has 17 heavy (non-hydrogen) atoms. The van der Waals surface area contributed by atoms with E-state index in [1.54, 1.807) is 6.92 Å². The summed E-state index contributed by atoms with van der Waals surface area (Å²) in [4.78, 5) is 23.2. The van der Waals surface area contributed by atoms with E-state index in [1.807, 2.05) is 20.8 Å². The highest BCUT2D eigenvalue weighted by Crippen LogP contribution is 2.38. The summed E-state index contributed by atoms with van der Waals surface area (Å²) in [5, 5.41) is 0. The lowest BCUT2D eigenvalue weighted by atomic mass is 9.69. The quantitative estimate of drug-likeness (QED) is 0.748. The molecule has 1 rings (SSSR count). The first-order valence-corrected chi connectivity index (χ1v) is 5.87. The second kappa shape index (κ2) is 4.64. The van der Waals surface area contributed by atoms with E-state index in [1.165, 1.54) is 0 Å². The largest absolute Gasteiger partial charge is 0.465 e. The number of rotatable bonds is 3. The van der Waals surface area contributed by atoms with Gasteiger partial charge in [-0.05, 0) is 40.5 Å². The first-order chi connectivity index (χ1) is 7.68. The molecule has 0 bridgehead atoms. The number of hydrogen-bond donors (Lipinski definition) is 1. The van der Waals surface area contributed by atoms with Crippen LogP contribution in [-0.2, 0) is 19.1 Å². The van der Waals surface area contributed by atoms with Crippen molar-refractivity contribution in [3.05, 3.63) is 0 Å². The molecule has 5 nitrogen and oxygen atoms in total. The van der Waals surface area contributed by atoms with Gasteiger partial charge in [-0.15, -0.1) is 0 Å². The minimum absolute atomic E-state index is 0.288. The van der Waals surface area contributed by atoms with E-state index in [9.17, 15) is 9.59 Å². The van der Waals surface area contributed by atoms with Crippen molar-refractivity contribution < 1.29 is 19.1 Å². The van der Waals surface area contributed by atoms with Gasteiger partial charge in [0.15, 0.2) is 0 Å². The Kier molecular flexibility index (Phi) is 3.81. The Hall–Kier alpha value is -1.10. The van der Waals surface area contributed by atoms with Crippen LogP contribution in [0.3, 0.4) is 0 Å². The summed E-state index contributed by atoms with van der Waals surface area (Å²) in [6.07, 6.45) is 0.613. The van der Waals surface area contributed by atoms with Crippen molar-refractivity contribution in [2.75, 3.05) is 6.61 Å². The van der Waals surface area contributed by atoms with Crippen molar-refractivity contribution in [1.82, 2.24) is 0 Å². The maximum Gasteiger partial charge on any atom is 0.326 e. The van der Waals surface area contributed by atoms with Crippen LogP contribution in [0.4, 0.5) is 0 Å². The number of carbonyl (C=O) groups excluding carboxylic acids is 2. The molecule has 1 aliphatic carbocycles. The average Bonchev–Trinajstić information content (AvgIpc) is 2.10. The molecule has 0 amide bonds. The van der Waals surface area contributed by atoms with Crippen molar-refractivity contribution in [1.29, 1.82) is 0 Å². The Morgan fingerprint density at radius 1 is 1.35 bits per heavy atom. The summed E-state index contributed by atoms with van der Waals surface area (Å²) < 4.78 is 10.1. The summed E-state index contributed by atoms with van der Waals surface area (Å²) in [6.45, 7) is 7.46. The smallest absolute Gasteiger partial charge is 0.326 e. The fourth-order valence-corrected chi connectivity index (χ4v) is 1.81. The molecule has 1 aliphatic rings. The van der Waals surface area contributed by atoms with Crippen LogP contribution in [0.1, 0.15) is 40.5 Å². The molecule has 0 heterocycles. The SMILES string of the molecule is CCOC(=O)C1(N)CC(C(=O)OC(C)(C)C)C1. The van der Waals surface area contributed by atoms with Gasteiger partial charge in [-0.3, -0.25) is 9.59 Å². The highest BCUT2D eigenvalue weighted by molar-refractivity contribution is 5.86. The third kappa shape index (κ3) is 3.43. The Balaban J connectivity index is 2.45. The molecule has 2 N–H and O–H groups in total. The number of carbonyl (C=O) groups is 2. The maximum absolute atomic E-state index is 11.7. The van der Waals surface area contributed by atoms with E-state index < -0.39 is 17.1 Å². The van der Waals surface area contributed by atoms with Gasteiger partial charge in [0.1, 0.15) is 11.1 Å². The van der Waals surface area contributed by atoms with Crippen LogP contribution in [0, 0.1) is 5.92 Å². The van der Waals surface area contributed by atoms with Gasteiger partial charge in [0.25, 0.3) is 0 Å². The molecular formula is C12H21NO4. The lowest BCUT2D eigenvalue weighted by molar-refractivity contribution is -0.170. The highest BCUT2D eigenvalue weighted by Gasteiger charge is 2.52. The van der Waals surface area contributed by atoms with Gasteiger partial charge >= 0.3 is 11.9 Å². The van der Waals surface area contributed by atoms with Crippen LogP contribution in [0.5, 0.6) is 0 Å². The third-order valence-corrected chi connectivity index (χ3v) is 2.64. The van der Waals surface area contributed by atoms with Crippen molar-refractivity contribution in [2.45, 2.75) is 51.7 Å². The van der Waals surface area contributed by atoms with Gasteiger partial charge in [0.2, 0.25) is 0 Å². The summed E-state index contributed by atoms with van der Waals surface area (Å²) in [7, 11) is 0. The molecule has 0 aromatic carbocycles. The third-order valence-electron chi connectivity index (χ3n) is 2.64. The van der Waals surface area contributed by atoms with Crippen LogP contribution >= 0.6 is 0 Å². The Bertz CT molecular complexity index is 313. The van der Waals surface area contributed by atoms with Gasteiger partial charge < -0.3 is 15.2 Å². The first-order valence-electron chi connectivity index (χ1n) is 5.87. The number of ether oxygens (including phenoxy) is 2. The van der Waals surface area contributed by atoms with E-state index in [0.717, 1.165) is 0 Å². The molecular weight excluding hydrogens is 222 g/mol. The number of nitrogens with two attached hydrogens (primary N) is 1. The molecule has 98 valence electrons. The van der Waals surface area contributed by atoms with E-state index in [-0.39, 0.29) is 11.9 Å². The molecule has 0 saturated heterocycles. The average molecular weight is 243 g/mol. The summed E-state index contributed by atoms with van der Waals surface area (Å²) in [5.74, 6) is -1.01. The summed E-state index contributed by atoms with van der Waals surface area (Å²) >= 11 is 0. The molecule has 1 fully saturated rings. The van der Waals surface area contributed by atoms with E-state index in [4.69, 9.17) is 15.2 Å². The molecule has 0 atom stereocenters. The standard InChI is InChI=1S/C12H21NO4/c1-5-16-10(15)12(13)6-8(7-12)9(14)17-11(2,3)4/h8H,5-7,13H2,1-4H3. The molecule has 0 spiro atoms. The van der Waals surface area contributed by atoms with Crippen molar-refractivity contribution in [2.24, 2.45) is 11.7 Å². The monoisotopic (exact) mass is 243 g/mol. The zero-order chi connectivity index (χ0) is 13.3. The van der Waals surface area contributed by atoms with Gasteiger partial charge in [0.05, 0.1) is 12.5 Å². The molecule has 1 saturated carbocycles. The fourth-order valence-electron chi connectivity index (χ4n) is 1.81. The maximum atomic E-state index is 11.7. The predicted molar refractivity (Wildman–Crippen MR) is 62.1 cm³/mol. The second-order valence-corrected chi connectivity index (χ2v) is 5.52. The molecule has 0 unspecified atom stereocenters. The van der Waals surface area contributed by atoms with Gasteiger partial charge in [-0.25, -0.2) is 0 Å². The second-order valence-electron chi connectivity index (χ2n) is 5.52. The molecule has 0 aliphatic heterocycles. The zero-order valence-corrected chi connectivity index (χ0v) is 10.9. The van der Waals surface area contributed by atoms with Gasteiger partial charge in [0, 0.05) is 0 Å². The topological polar surface area (TPSA) is 78.6 Å². The number of hydrogen-bond acceptors (Lipinski definition) is 5. The van der Waals surface area contributed by atoms with Crippen molar-refractivity contribution in [3.63, 3.8) is 0 Å². The molecule has 0 aromatic heterocycles. The Morgan fingerprint density at radius 3 is 2.29 bits per heavy atom. The Labute approximate surface area is 102 Å². The normalized spacial score (nSPS) is 28.2. The minimum atomic E-state index is -1.00. The summed E-state index contributed by atoms with van der Waals surface area (Å²) in [6, 6.07) is 0. The van der Waals surface area contributed by atoms with Crippen molar-refractivity contribution in [3.8, 4) is 0 Å².